The maximum atomic E-state index is 12.8. The summed E-state index contributed by atoms with van der Waals surface area (Å²) >= 11 is 0. The number of benzene rings is 1. The Balaban J connectivity index is 1.94. The van der Waals surface area contributed by atoms with Gasteiger partial charge < -0.3 is 15.1 Å². The Kier molecular flexibility index (Phi) is 8.22. The number of nitrogens with zero attached hydrogens (tertiary/aromatic N) is 5. The number of rotatable bonds is 9. The molecule has 2 aromatic rings. The second-order valence-electron chi connectivity index (χ2n) is 7.93. The van der Waals surface area contributed by atoms with Crippen LogP contribution >= 0.6 is 0 Å². The predicted molar refractivity (Wildman–Crippen MR) is 114 cm³/mol. The molecule has 7 heteroatoms. The van der Waals surface area contributed by atoms with Gasteiger partial charge in [0.2, 0.25) is 0 Å². The fourth-order valence-electron chi connectivity index (χ4n) is 3.07. The summed E-state index contributed by atoms with van der Waals surface area (Å²) in [5.74, 6) is 0.266. The van der Waals surface area contributed by atoms with Crippen molar-refractivity contribution in [3.8, 4) is 6.07 Å². The van der Waals surface area contributed by atoms with Crippen molar-refractivity contribution in [2.45, 2.75) is 33.9 Å². The summed E-state index contributed by atoms with van der Waals surface area (Å²) in [6.45, 7) is 9.43. The van der Waals surface area contributed by atoms with Gasteiger partial charge in [0.15, 0.2) is 0 Å². The Hall–Kier alpha value is -2.85. The van der Waals surface area contributed by atoms with E-state index in [1.165, 1.54) is 0 Å². The van der Waals surface area contributed by atoms with Gasteiger partial charge in [0.1, 0.15) is 0 Å². The van der Waals surface area contributed by atoms with Crippen LogP contribution < -0.4 is 5.32 Å². The first kappa shape index (κ1) is 22.4. The third kappa shape index (κ3) is 7.24. The van der Waals surface area contributed by atoms with Crippen molar-refractivity contribution < 1.29 is 4.79 Å². The zero-order valence-electron chi connectivity index (χ0n) is 18.1. The number of likely N-dealkylation sites (N-methyl/N-ethyl adjacent to an activating group) is 1. The third-order valence-corrected chi connectivity index (χ3v) is 4.75. The summed E-state index contributed by atoms with van der Waals surface area (Å²) in [4.78, 5) is 16.7. The molecule has 0 aliphatic rings. The van der Waals surface area contributed by atoms with Gasteiger partial charge in [-0.2, -0.15) is 10.4 Å². The summed E-state index contributed by atoms with van der Waals surface area (Å²) in [6, 6.07) is 11.5. The average Bonchev–Trinajstić information content (AvgIpc) is 3.00. The zero-order valence-corrected chi connectivity index (χ0v) is 18.1. The largest absolute Gasteiger partial charge is 0.338 e. The van der Waals surface area contributed by atoms with Crippen LogP contribution in [-0.4, -0.2) is 59.3 Å². The van der Waals surface area contributed by atoms with E-state index in [-0.39, 0.29) is 11.9 Å². The number of urea groups is 1. The first-order valence-corrected chi connectivity index (χ1v) is 9.96. The first-order valence-electron chi connectivity index (χ1n) is 9.96. The Morgan fingerprint density at radius 1 is 1.24 bits per heavy atom. The van der Waals surface area contributed by atoms with E-state index in [9.17, 15) is 4.79 Å². The lowest BCUT2D eigenvalue weighted by Crippen LogP contribution is -2.44. The summed E-state index contributed by atoms with van der Waals surface area (Å²) in [7, 11) is 3.99. The Bertz CT molecular complexity index is 834. The lowest BCUT2D eigenvalue weighted by atomic mass is 10.1. The number of aryl methyl sites for hydroxylation is 2. The summed E-state index contributed by atoms with van der Waals surface area (Å²) in [5.41, 5.74) is 3.77. The van der Waals surface area contributed by atoms with Gasteiger partial charge in [-0.25, -0.2) is 4.79 Å². The monoisotopic (exact) mass is 396 g/mol. The Morgan fingerprint density at radius 3 is 2.48 bits per heavy atom. The molecule has 1 aromatic heterocycles. The van der Waals surface area contributed by atoms with Gasteiger partial charge in [0.25, 0.3) is 0 Å². The number of nitriles is 1. The number of carbonyl (C=O) groups is 1. The van der Waals surface area contributed by atoms with Crippen molar-refractivity contribution in [2.75, 3.05) is 33.7 Å². The SMILES string of the molecule is Cc1cc(C)n(CC(C)CNC(=O)N(CCN(C)C)Cc2ccc(C#N)cc2)n1. The molecule has 1 heterocycles. The van der Waals surface area contributed by atoms with Crippen LogP contribution in [0.4, 0.5) is 4.79 Å². The Morgan fingerprint density at radius 2 is 1.93 bits per heavy atom. The highest BCUT2D eigenvalue weighted by Crippen LogP contribution is 2.09. The van der Waals surface area contributed by atoms with Crippen LogP contribution in [0, 0.1) is 31.1 Å². The first-order chi connectivity index (χ1) is 13.8. The van der Waals surface area contributed by atoms with E-state index < -0.39 is 0 Å². The van der Waals surface area contributed by atoms with Crippen LogP contribution in [0.5, 0.6) is 0 Å². The standard InChI is InChI=1S/C22H32N6O/c1-17(15-28-19(3)12-18(2)25-28)14-24-22(29)27(11-10-26(4)5)16-21-8-6-20(13-23)7-9-21/h6-9,12,17H,10-11,14-16H2,1-5H3,(H,24,29). The lowest BCUT2D eigenvalue weighted by molar-refractivity contribution is 0.186. The number of carbonyl (C=O) groups excluding carboxylic acids is 1. The highest BCUT2D eigenvalue weighted by Gasteiger charge is 2.16. The smallest absolute Gasteiger partial charge is 0.317 e. The van der Waals surface area contributed by atoms with E-state index in [0.717, 1.165) is 30.0 Å². The second kappa shape index (κ2) is 10.6. The quantitative estimate of drug-likeness (QED) is 0.707. The minimum absolute atomic E-state index is 0.0728. The lowest BCUT2D eigenvalue weighted by Gasteiger charge is -2.26. The fourth-order valence-corrected chi connectivity index (χ4v) is 3.07. The fraction of sp³-hybridized carbons (Fsp3) is 0.500. The van der Waals surface area contributed by atoms with Crippen LogP contribution in [0.3, 0.4) is 0 Å². The van der Waals surface area contributed by atoms with Gasteiger partial charge in [-0.1, -0.05) is 19.1 Å². The van der Waals surface area contributed by atoms with E-state index >= 15 is 0 Å². The van der Waals surface area contributed by atoms with Crippen molar-refractivity contribution in [1.82, 2.24) is 24.9 Å². The molecular weight excluding hydrogens is 364 g/mol. The van der Waals surface area contributed by atoms with E-state index in [4.69, 9.17) is 5.26 Å². The third-order valence-electron chi connectivity index (χ3n) is 4.75. The van der Waals surface area contributed by atoms with Gasteiger partial charge >= 0.3 is 6.03 Å². The maximum absolute atomic E-state index is 12.8. The highest BCUT2D eigenvalue weighted by atomic mass is 16.2. The molecule has 0 saturated carbocycles. The van der Waals surface area contributed by atoms with Crippen LogP contribution in [0.1, 0.15) is 29.4 Å². The van der Waals surface area contributed by atoms with E-state index in [2.05, 4.69) is 34.4 Å². The molecule has 1 N–H and O–H groups in total. The predicted octanol–water partition coefficient (Wildman–Crippen LogP) is 2.78. The van der Waals surface area contributed by atoms with Crippen molar-refractivity contribution in [3.05, 3.63) is 52.8 Å². The molecule has 0 radical (unpaired) electrons. The van der Waals surface area contributed by atoms with E-state index in [1.54, 1.807) is 12.1 Å². The van der Waals surface area contributed by atoms with Crippen molar-refractivity contribution in [1.29, 1.82) is 5.26 Å². The minimum Gasteiger partial charge on any atom is -0.338 e. The van der Waals surface area contributed by atoms with Crippen LogP contribution in [0.2, 0.25) is 0 Å². The number of aromatic nitrogens is 2. The molecule has 156 valence electrons. The molecule has 29 heavy (non-hydrogen) atoms. The molecule has 0 bridgehead atoms. The van der Waals surface area contributed by atoms with Gasteiger partial charge in [0.05, 0.1) is 17.3 Å². The molecule has 1 unspecified atom stereocenters. The van der Waals surface area contributed by atoms with Crippen LogP contribution in [0.25, 0.3) is 0 Å². The van der Waals surface area contributed by atoms with Crippen LogP contribution in [-0.2, 0) is 13.1 Å². The molecule has 1 atom stereocenters. The Labute approximate surface area is 173 Å². The minimum atomic E-state index is -0.0728. The maximum Gasteiger partial charge on any atom is 0.317 e. The molecule has 2 rings (SSSR count). The van der Waals surface area contributed by atoms with Crippen LogP contribution in [0.15, 0.2) is 30.3 Å². The molecule has 0 spiro atoms. The van der Waals surface area contributed by atoms with Gasteiger partial charge in [-0.3, -0.25) is 4.68 Å². The molecule has 1 aromatic carbocycles. The summed E-state index contributed by atoms with van der Waals surface area (Å²) in [6.07, 6.45) is 0. The number of hydrogen-bond donors (Lipinski definition) is 1. The zero-order chi connectivity index (χ0) is 21.4. The molecular formula is C22H32N6O. The topological polar surface area (TPSA) is 77.2 Å². The molecule has 0 fully saturated rings. The molecule has 0 saturated heterocycles. The van der Waals surface area contributed by atoms with Gasteiger partial charge in [0, 0.05) is 38.4 Å². The summed E-state index contributed by atoms with van der Waals surface area (Å²) in [5, 5.41) is 16.5. The highest BCUT2D eigenvalue weighted by molar-refractivity contribution is 5.74. The molecule has 2 amide bonds. The number of nitrogens with one attached hydrogen (secondary N) is 1. The van der Waals surface area contributed by atoms with Crippen molar-refractivity contribution in [3.63, 3.8) is 0 Å². The van der Waals surface area contributed by atoms with E-state index in [0.29, 0.717) is 25.2 Å². The van der Waals surface area contributed by atoms with Gasteiger partial charge in [-0.15, -0.1) is 0 Å². The molecule has 0 aliphatic heterocycles. The summed E-state index contributed by atoms with van der Waals surface area (Å²) < 4.78 is 1.99. The molecule has 7 nitrogen and oxygen atoms in total. The number of hydrogen-bond acceptors (Lipinski definition) is 4. The average molecular weight is 397 g/mol. The number of amides is 2. The van der Waals surface area contributed by atoms with Crippen molar-refractivity contribution >= 4 is 6.03 Å². The van der Waals surface area contributed by atoms with Crippen molar-refractivity contribution in [2.24, 2.45) is 5.92 Å². The van der Waals surface area contributed by atoms with Gasteiger partial charge in [-0.05, 0) is 57.6 Å². The molecule has 0 aliphatic carbocycles. The van der Waals surface area contributed by atoms with E-state index in [1.807, 2.05) is 49.7 Å². The second-order valence-corrected chi connectivity index (χ2v) is 7.93. The normalized spacial score (nSPS) is 11.9.